The maximum Gasteiger partial charge on any atom is 0.0865 e. The lowest BCUT2D eigenvalue weighted by Crippen LogP contribution is -2.43. The summed E-state index contributed by atoms with van der Waals surface area (Å²) in [4.78, 5) is 6.49. The second kappa shape index (κ2) is 5.65. The fourth-order valence-corrected chi connectivity index (χ4v) is 5.37. The van der Waals surface area contributed by atoms with Crippen molar-refractivity contribution in [3.8, 4) is 0 Å². The molecule has 1 spiro atoms. The number of hydrogen-bond acceptors (Lipinski definition) is 2. The number of hydrogen-bond donors (Lipinski definition) is 0. The summed E-state index contributed by atoms with van der Waals surface area (Å²) < 4.78 is 0. The molecule has 2 nitrogen and oxygen atoms in total. The normalized spacial score (nSPS) is 38.2. The van der Waals surface area contributed by atoms with E-state index in [1.54, 1.807) is 0 Å². The molecule has 120 valence electrons. The van der Waals surface area contributed by atoms with E-state index in [9.17, 15) is 0 Å². The molecule has 0 radical (unpaired) electrons. The zero-order valence-electron chi connectivity index (χ0n) is 14.0. The molecule has 1 aromatic rings. The third kappa shape index (κ3) is 2.32. The largest absolute Gasteiger partial charge is 0.294 e. The molecule has 0 N–H and O–H groups in total. The van der Waals surface area contributed by atoms with Crippen molar-refractivity contribution in [2.45, 2.75) is 71.1 Å². The first kappa shape index (κ1) is 14.7. The van der Waals surface area contributed by atoms with Crippen LogP contribution in [0.1, 0.15) is 57.9 Å². The second-order valence-corrected chi connectivity index (χ2v) is 8.08. The molecule has 0 aromatic heterocycles. The Balaban J connectivity index is 1.56. The topological polar surface area (TPSA) is 12.5 Å². The van der Waals surface area contributed by atoms with Gasteiger partial charge in [0, 0.05) is 18.0 Å². The Hall–Kier alpha value is -0.860. The van der Waals surface area contributed by atoms with Crippen LogP contribution in [0.3, 0.4) is 0 Å². The first-order chi connectivity index (χ1) is 10.7. The van der Waals surface area contributed by atoms with Crippen LogP contribution in [0.2, 0.25) is 0 Å². The number of benzene rings is 1. The molecule has 4 atom stereocenters. The fraction of sp³-hybridized carbons (Fsp3) is 0.700. The van der Waals surface area contributed by atoms with Crippen LogP contribution in [0, 0.1) is 17.3 Å². The summed E-state index contributed by atoms with van der Waals surface area (Å²) in [7, 11) is 0. The average Bonchev–Trinajstić information content (AvgIpc) is 3.04. The van der Waals surface area contributed by atoms with E-state index in [1.165, 1.54) is 44.1 Å². The van der Waals surface area contributed by atoms with E-state index in [-0.39, 0.29) is 0 Å². The summed E-state index contributed by atoms with van der Waals surface area (Å²) in [6.45, 7) is 5.77. The minimum Gasteiger partial charge on any atom is -0.294 e. The maximum absolute atomic E-state index is 6.49. The molecule has 1 aromatic carbocycles. The molecule has 0 amide bonds. The van der Waals surface area contributed by atoms with E-state index in [0.29, 0.717) is 17.6 Å². The van der Waals surface area contributed by atoms with E-state index in [1.807, 2.05) is 0 Å². The molecule has 0 unspecified atom stereocenters. The highest BCUT2D eigenvalue weighted by Gasteiger charge is 2.59. The quantitative estimate of drug-likeness (QED) is 0.795. The molecule has 2 aliphatic carbocycles. The Bertz CT molecular complexity index is 514. The Labute approximate surface area is 134 Å². The van der Waals surface area contributed by atoms with Crippen molar-refractivity contribution in [3.63, 3.8) is 0 Å². The molecule has 1 saturated heterocycles. The Morgan fingerprint density at radius 3 is 2.77 bits per heavy atom. The summed E-state index contributed by atoms with van der Waals surface area (Å²) in [5.41, 5.74) is 1.84. The van der Waals surface area contributed by atoms with Gasteiger partial charge in [-0.05, 0) is 49.5 Å². The standard InChI is InChI=1S/C20H29NO/c1-15(2)17-10-11-19-20(13-17)12-6-9-18(20)21(22-19)14-16-7-4-3-5-8-16/h3-5,7-8,15,17-19H,6,9-14H2,1-2H3/t17-,18-,19-,20-/m1/s1. The van der Waals surface area contributed by atoms with Gasteiger partial charge >= 0.3 is 0 Å². The summed E-state index contributed by atoms with van der Waals surface area (Å²) in [6, 6.07) is 11.5. The molecule has 2 saturated carbocycles. The van der Waals surface area contributed by atoms with Gasteiger partial charge in [0.2, 0.25) is 0 Å². The zero-order chi connectivity index (χ0) is 15.2. The summed E-state index contributed by atoms with van der Waals surface area (Å²) in [6.07, 6.45) is 8.61. The molecule has 1 aliphatic heterocycles. The summed E-state index contributed by atoms with van der Waals surface area (Å²) >= 11 is 0. The van der Waals surface area contributed by atoms with Crippen LogP contribution < -0.4 is 0 Å². The number of rotatable bonds is 3. The van der Waals surface area contributed by atoms with Crippen LogP contribution in [-0.2, 0) is 11.4 Å². The summed E-state index contributed by atoms with van der Waals surface area (Å²) in [5.74, 6) is 1.72. The van der Waals surface area contributed by atoms with Gasteiger partial charge < -0.3 is 0 Å². The van der Waals surface area contributed by atoms with Crippen molar-refractivity contribution in [2.24, 2.45) is 17.3 Å². The van der Waals surface area contributed by atoms with Gasteiger partial charge in [-0.25, -0.2) is 0 Å². The molecule has 0 bridgehead atoms. The highest BCUT2D eigenvalue weighted by Crippen LogP contribution is 2.58. The summed E-state index contributed by atoms with van der Waals surface area (Å²) in [5, 5.41) is 2.36. The smallest absolute Gasteiger partial charge is 0.0865 e. The van der Waals surface area contributed by atoms with Crippen LogP contribution in [0.25, 0.3) is 0 Å². The lowest BCUT2D eigenvalue weighted by atomic mass is 9.63. The van der Waals surface area contributed by atoms with Crippen molar-refractivity contribution >= 4 is 0 Å². The second-order valence-electron chi connectivity index (χ2n) is 8.08. The third-order valence-electron chi connectivity index (χ3n) is 6.60. The van der Waals surface area contributed by atoms with Gasteiger partial charge in [0.05, 0.1) is 6.10 Å². The molecule has 3 fully saturated rings. The zero-order valence-corrected chi connectivity index (χ0v) is 14.0. The van der Waals surface area contributed by atoms with Gasteiger partial charge in [0.25, 0.3) is 0 Å². The Morgan fingerprint density at radius 2 is 2.00 bits per heavy atom. The van der Waals surface area contributed by atoms with Gasteiger partial charge in [-0.3, -0.25) is 4.84 Å². The molecular weight excluding hydrogens is 270 g/mol. The van der Waals surface area contributed by atoms with E-state index in [0.717, 1.165) is 18.4 Å². The van der Waals surface area contributed by atoms with Gasteiger partial charge in [-0.2, -0.15) is 5.06 Å². The van der Waals surface area contributed by atoms with Gasteiger partial charge in [0.1, 0.15) is 0 Å². The number of hydroxylamine groups is 2. The Morgan fingerprint density at radius 1 is 1.18 bits per heavy atom. The van der Waals surface area contributed by atoms with Crippen LogP contribution in [0.15, 0.2) is 30.3 Å². The third-order valence-corrected chi connectivity index (χ3v) is 6.60. The van der Waals surface area contributed by atoms with Crippen molar-refractivity contribution in [3.05, 3.63) is 35.9 Å². The van der Waals surface area contributed by atoms with Gasteiger partial charge in [-0.15, -0.1) is 0 Å². The highest BCUT2D eigenvalue weighted by molar-refractivity contribution is 5.16. The monoisotopic (exact) mass is 299 g/mol. The van der Waals surface area contributed by atoms with Crippen LogP contribution >= 0.6 is 0 Å². The maximum atomic E-state index is 6.49. The fourth-order valence-electron chi connectivity index (χ4n) is 5.37. The van der Waals surface area contributed by atoms with Crippen LogP contribution in [0.5, 0.6) is 0 Å². The van der Waals surface area contributed by atoms with E-state index in [2.05, 4.69) is 49.2 Å². The van der Waals surface area contributed by atoms with Crippen molar-refractivity contribution in [2.75, 3.05) is 0 Å². The molecule has 3 aliphatic rings. The van der Waals surface area contributed by atoms with Crippen molar-refractivity contribution in [1.29, 1.82) is 0 Å². The number of nitrogens with zero attached hydrogens (tertiary/aromatic N) is 1. The SMILES string of the molecule is CC(C)[C@@H]1CC[C@H]2ON(Cc3ccccc3)[C@@H]3CCC[C@]23C1. The van der Waals surface area contributed by atoms with Gasteiger partial charge in [-0.1, -0.05) is 50.6 Å². The van der Waals surface area contributed by atoms with E-state index in [4.69, 9.17) is 4.84 Å². The average molecular weight is 299 g/mol. The molecule has 1 heterocycles. The molecular formula is C20H29NO. The minimum absolute atomic E-state index is 0.460. The Kier molecular flexibility index (Phi) is 3.78. The van der Waals surface area contributed by atoms with E-state index < -0.39 is 0 Å². The van der Waals surface area contributed by atoms with Crippen LogP contribution in [-0.4, -0.2) is 17.2 Å². The van der Waals surface area contributed by atoms with E-state index >= 15 is 0 Å². The molecule has 22 heavy (non-hydrogen) atoms. The van der Waals surface area contributed by atoms with Gasteiger partial charge in [0.15, 0.2) is 0 Å². The lowest BCUT2D eigenvalue weighted by molar-refractivity contribution is -0.178. The molecule has 2 heteroatoms. The minimum atomic E-state index is 0.460. The van der Waals surface area contributed by atoms with Crippen molar-refractivity contribution < 1.29 is 4.84 Å². The van der Waals surface area contributed by atoms with Crippen molar-refractivity contribution in [1.82, 2.24) is 5.06 Å². The first-order valence-corrected chi connectivity index (χ1v) is 9.16. The predicted molar refractivity (Wildman–Crippen MR) is 89.1 cm³/mol. The lowest BCUT2D eigenvalue weighted by Gasteiger charge is -2.42. The first-order valence-electron chi connectivity index (χ1n) is 9.16. The molecule has 4 rings (SSSR count). The van der Waals surface area contributed by atoms with Crippen LogP contribution in [0.4, 0.5) is 0 Å². The highest BCUT2D eigenvalue weighted by atomic mass is 16.7. The predicted octanol–water partition coefficient (Wildman–Crippen LogP) is 4.80.